The third kappa shape index (κ3) is 5.18. The monoisotopic (exact) mass is 423 g/mol. The number of likely N-dealkylation sites (N-methyl/N-ethyl adjacent to an activating group) is 2. The van der Waals surface area contributed by atoms with Crippen LogP contribution in [0.4, 0.5) is 5.69 Å². The van der Waals surface area contributed by atoms with Crippen LogP contribution in [0.2, 0.25) is 0 Å². The lowest BCUT2D eigenvalue weighted by Crippen LogP contribution is -2.42. The number of benzene rings is 1. The van der Waals surface area contributed by atoms with E-state index >= 15 is 0 Å². The van der Waals surface area contributed by atoms with Gasteiger partial charge >= 0.3 is 0 Å². The highest BCUT2D eigenvalue weighted by Crippen LogP contribution is 2.22. The van der Waals surface area contributed by atoms with Gasteiger partial charge in [0.2, 0.25) is 11.8 Å². The standard InChI is InChI=1S/C19H25N3O4S2/c1-13-9-14(2)19(15(3)10-13)20-16(23)11-21(4)17(24)12-22(5)28(25,26)18-7-6-8-27-18/h6-10H,11-12H2,1-5H3,(H,20,23). The normalized spacial score (nSPS) is 11.5. The van der Waals surface area contributed by atoms with Gasteiger partial charge in [-0.05, 0) is 43.3 Å². The third-order valence-corrected chi connectivity index (χ3v) is 7.44. The number of nitrogens with zero attached hydrogens (tertiary/aromatic N) is 2. The lowest BCUT2D eigenvalue weighted by molar-refractivity contribution is -0.133. The highest BCUT2D eigenvalue weighted by atomic mass is 32.2. The second-order valence-electron chi connectivity index (χ2n) is 6.76. The Morgan fingerprint density at radius 2 is 1.68 bits per heavy atom. The zero-order chi connectivity index (χ0) is 21.1. The summed E-state index contributed by atoms with van der Waals surface area (Å²) in [5, 5.41) is 4.50. The molecule has 28 heavy (non-hydrogen) atoms. The fourth-order valence-electron chi connectivity index (χ4n) is 2.82. The molecule has 7 nitrogen and oxygen atoms in total. The van der Waals surface area contributed by atoms with Gasteiger partial charge in [0, 0.05) is 19.8 Å². The Bertz CT molecular complexity index is 946. The average Bonchev–Trinajstić information content (AvgIpc) is 3.13. The summed E-state index contributed by atoms with van der Waals surface area (Å²) < 4.78 is 26.0. The molecule has 2 rings (SSSR count). The van der Waals surface area contributed by atoms with Crippen LogP contribution in [-0.4, -0.2) is 56.6 Å². The lowest BCUT2D eigenvalue weighted by atomic mass is 10.1. The van der Waals surface area contributed by atoms with E-state index < -0.39 is 15.9 Å². The van der Waals surface area contributed by atoms with Crippen molar-refractivity contribution in [3.8, 4) is 0 Å². The molecular weight excluding hydrogens is 398 g/mol. The molecule has 0 saturated carbocycles. The molecule has 0 aliphatic rings. The van der Waals surface area contributed by atoms with Gasteiger partial charge in [-0.3, -0.25) is 9.59 Å². The Morgan fingerprint density at radius 3 is 2.21 bits per heavy atom. The quantitative estimate of drug-likeness (QED) is 0.741. The van der Waals surface area contributed by atoms with Crippen molar-refractivity contribution in [2.75, 3.05) is 32.5 Å². The number of hydrogen-bond donors (Lipinski definition) is 1. The molecule has 0 fully saturated rings. The van der Waals surface area contributed by atoms with Crippen molar-refractivity contribution in [2.45, 2.75) is 25.0 Å². The van der Waals surface area contributed by atoms with Crippen molar-refractivity contribution in [3.05, 3.63) is 46.3 Å². The van der Waals surface area contributed by atoms with Crippen LogP contribution in [0.3, 0.4) is 0 Å². The van der Waals surface area contributed by atoms with Gasteiger partial charge in [-0.1, -0.05) is 23.8 Å². The minimum atomic E-state index is -3.71. The third-order valence-electron chi connectivity index (χ3n) is 4.27. The molecule has 0 bridgehead atoms. The lowest BCUT2D eigenvalue weighted by Gasteiger charge is -2.21. The Hall–Kier alpha value is -2.23. The maximum absolute atomic E-state index is 12.4. The molecule has 2 aromatic rings. The predicted octanol–water partition coefficient (Wildman–Crippen LogP) is 2.39. The van der Waals surface area contributed by atoms with E-state index in [0.29, 0.717) is 0 Å². The van der Waals surface area contributed by atoms with Crippen LogP contribution >= 0.6 is 11.3 Å². The van der Waals surface area contributed by atoms with E-state index in [-0.39, 0.29) is 23.2 Å². The highest BCUT2D eigenvalue weighted by Gasteiger charge is 2.25. The van der Waals surface area contributed by atoms with Gasteiger partial charge in [-0.2, -0.15) is 4.31 Å². The molecule has 2 amide bonds. The maximum Gasteiger partial charge on any atom is 0.252 e. The van der Waals surface area contributed by atoms with E-state index in [1.165, 1.54) is 25.1 Å². The summed E-state index contributed by atoms with van der Waals surface area (Å²) in [6.45, 7) is 5.30. The molecule has 0 aliphatic heterocycles. The first-order valence-corrected chi connectivity index (χ1v) is 11.0. The number of carbonyl (C=O) groups is 2. The summed E-state index contributed by atoms with van der Waals surface area (Å²) >= 11 is 1.09. The molecule has 0 unspecified atom stereocenters. The number of sulfonamides is 1. The number of hydrogen-bond acceptors (Lipinski definition) is 5. The average molecular weight is 424 g/mol. The zero-order valence-corrected chi connectivity index (χ0v) is 18.3. The number of thiophene rings is 1. The van der Waals surface area contributed by atoms with Crippen LogP contribution in [0.5, 0.6) is 0 Å². The van der Waals surface area contributed by atoms with Crippen LogP contribution in [0.25, 0.3) is 0 Å². The van der Waals surface area contributed by atoms with Crippen LogP contribution < -0.4 is 5.32 Å². The number of rotatable bonds is 7. The molecule has 0 radical (unpaired) electrons. The van der Waals surface area contributed by atoms with Gasteiger partial charge in [0.15, 0.2) is 0 Å². The summed E-state index contributed by atoms with van der Waals surface area (Å²) in [6.07, 6.45) is 0. The first kappa shape index (κ1) is 22.1. The van der Waals surface area contributed by atoms with E-state index in [1.54, 1.807) is 11.4 Å². The smallest absolute Gasteiger partial charge is 0.252 e. The summed E-state index contributed by atoms with van der Waals surface area (Å²) in [4.78, 5) is 25.9. The number of nitrogens with one attached hydrogen (secondary N) is 1. The first-order valence-electron chi connectivity index (χ1n) is 8.64. The number of aryl methyl sites for hydroxylation is 3. The fraction of sp³-hybridized carbons (Fsp3) is 0.368. The molecule has 0 atom stereocenters. The van der Waals surface area contributed by atoms with Crippen molar-refractivity contribution >= 4 is 38.9 Å². The predicted molar refractivity (Wildman–Crippen MR) is 111 cm³/mol. The number of carbonyl (C=O) groups excluding carboxylic acids is 2. The highest BCUT2D eigenvalue weighted by molar-refractivity contribution is 7.91. The van der Waals surface area contributed by atoms with Crippen molar-refractivity contribution in [2.24, 2.45) is 0 Å². The molecular formula is C19H25N3O4S2. The van der Waals surface area contributed by atoms with Crippen molar-refractivity contribution < 1.29 is 18.0 Å². The van der Waals surface area contributed by atoms with E-state index in [4.69, 9.17) is 0 Å². The zero-order valence-electron chi connectivity index (χ0n) is 16.6. The fourth-order valence-corrected chi connectivity index (χ4v) is 5.14. The van der Waals surface area contributed by atoms with Gasteiger partial charge < -0.3 is 10.2 Å². The van der Waals surface area contributed by atoms with Gasteiger partial charge in [0.1, 0.15) is 4.21 Å². The minimum Gasteiger partial charge on any atom is -0.335 e. The van der Waals surface area contributed by atoms with Gasteiger partial charge in [0.05, 0.1) is 13.1 Å². The molecule has 1 N–H and O–H groups in total. The summed E-state index contributed by atoms with van der Waals surface area (Å²) in [5.41, 5.74) is 3.73. The molecule has 9 heteroatoms. The molecule has 0 spiro atoms. The topological polar surface area (TPSA) is 86.8 Å². The molecule has 0 saturated heterocycles. The van der Waals surface area contributed by atoms with Crippen LogP contribution in [0, 0.1) is 20.8 Å². The maximum atomic E-state index is 12.4. The molecule has 0 aliphatic carbocycles. The van der Waals surface area contributed by atoms with E-state index in [0.717, 1.165) is 38.0 Å². The van der Waals surface area contributed by atoms with Crippen LogP contribution in [-0.2, 0) is 19.6 Å². The van der Waals surface area contributed by atoms with Crippen molar-refractivity contribution in [3.63, 3.8) is 0 Å². The molecule has 1 aromatic heterocycles. The largest absolute Gasteiger partial charge is 0.335 e. The molecule has 1 heterocycles. The summed E-state index contributed by atoms with van der Waals surface area (Å²) in [6, 6.07) is 7.08. The molecule has 1 aromatic carbocycles. The van der Waals surface area contributed by atoms with Gasteiger partial charge in [-0.15, -0.1) is 11.3 Å². The Kier molecular flexibility index (Phi) is 6.97. The van der Waals surface area contributed by atoms with Crippen molar-refractivity contribution in [1.82, 2.24) is 9.21 Å². The Morgan fingerprint density at radius 1 is 1.07 bits per heavy atom. The van der Waals surface area contributed by atoms with Gasteiger partial charge in [-0.25, -0.2) is 8.42 Å². The van der Waals surface area contributed by atoms with E-state index in [2.05, 4.69) is 5.32 Å². The SMILES string of the molecule is Cc1cc(C)c(NC(=O)CN(C)C(=O)CN(C)S(=O)(=O)c2cccs2)c(C)c1. The van der Waals surface area contributed by atoms with Crippen LogP contribution in [0.15, 0.2) is 33.9 Å². The number of amides is 2. The second kappa shape index (κ2) is 8.85. The van der Waals surface area contributed by atoms with Crippen LogP contribution in [0.1, 0.15) is 16.7 Å². The van der Waals surface area contributed by atoms with Gasteiger partial charge in [0.25, 0.3) is 10.0 Å². The summed E-state index contributed by atoms with van der Waals surface area (Å²) in [7, 11) is -0.891. The Labute approximate surface area is 170 Å². The molecule has 152 valence electrons. The van der Waals surface area contributed by atoms with E-state index in [1.807, 2.05) is 32.9 Å². The Balaban J connectivity index is 1.98. The first-order chi connectivity index (χ1) is 13.0. The number of anilines is 1. The second-order valence-corrected chi connectivity index (χ2v) is 9.98. The minimum absolute atomic E-state index is 0.168. The summed E-state index contributed by atoms with van der Waals surface area (Å²) in [5.74, 6) is -0.801. The van der Waals surface area contributed by atoms with Crippen molar-refractivity contribution in [1.29, 1.82) is 0 Å². The van der Waals surface area contributed by atoms with E-state index in [9.17, 15) is 18.0 Å².